The Hall–Kier alpha value is -2.56. The lowest BCUT2D eigenvalue weighted by atomic mass is 10.0. The topological polar surface area (TPSA) is 50.7 Å². The van der Waals surface area contributed by atoms with Gasteiger partial charge in [0.05, 0.1) is 17.6 Å². The Labute approximate surface area is 166 Å². The number of rotatable bonds is 3. The van der Waals surface area contributed by atoms with Gasteiger partial charge in [-0.3, -0.25) is 4.79 Å². The van der Waals surface area contributed by atoms with Crippen molar-refractivity contribution in [2.45, 2.75) is 20.4 Å². The molecule has 6 heteroatoms. The Morgan fingerprint density at radius 2 is 1.85 bits per heavy atom. The molecule has 0 bridgehead atoms. The van der Waals surface area contributed by atoms with Crippen LogP contribution in [0.1, 0.15) is 17.1 Å². The van der Waals surface area contributed by atoms with Crippen LogP contribution in [0.15, 0.2) is 53.3 Å². The van der Waals surface area contributed by atoms with Gasteiger partial charge in [0.25, 0.3) is 0 Å². The minimum atomic E-state index is -0.103. The first-order valence-electron chi connectivity index (χ1n) is 8.53. The Kier molecular flexibility index (Phi) is 4.54. The van der Waals surface area contributed by atoms with Gasteiger partial charge in [0.1, 0.15) is 5.82 Å². The van der Waals surface area contributed by atoms with Crippen molar-refractivity contribution < 1.29 is 0 Å². The zero-order valence-corrected chi connectivity index (χ0v) is 16.4. The number of halogens is 2. The first-order valence-corrected chi connectivity index (χ1v) is 9.29. The third-order valence-corrected chi connectivity index (χ3v) is 5.31. The number of imidazole rings is 1. The predicted octanol–water partition coefficient (Wildman–Crippen LogP) is 5.36. The van der Waals surface area contributed by atoms with Crippen LogP contribution in [0.3, 0.4) is 0 Å². The molecule has 0 atom stereocenters. The number of H-pyrrole nitrogens is 1. The molecule has 4 aromatic rings. The summed E-state index contributed by atoms with van der Waals surface area (Å²) in [6.07, 6.45) is 0. The number of nitrogens with one attached hydrogen (secondary N) is 1. The van der Waals surface area contributed by atoms with Crippen molar-refractivity contribution in [2.75, 3.05) is 0 Å². The summed E-state index contributed by atoms with van der Waals surface area (Å²) in [5.74, 6) is 0.899. The van der Waals surface area contributed by atoms with Crippen LogP contribution < -0.4 is 5.56 Å². The number of aryl methyl sites for hydroxylation is 2. The average molecular weight is 398 g/mol. The lowest BCUT2D eigenvalue weighted by Gasteiger charge is -2.11. The molecule has 0 fully saturated rings. The maximum atomic E-state index is 11.5. The minimum absolute atomic E-state index is 0.103. The van der Waals surface area contributed by atoms with Crippen molar-refractivity contribution in [3.05, 3.63) is 86.0 Å². The van der Waals surface area contributed by atoms with Crippen LogP contribution in [0.2, 0.25) is 10.0 Å². The second-order valence-electron chi connectivity index (χ2n) is 6.55. The molecule has 1 N–H and O–H groups in total. The monoisotopic (exact) mass is 397 g/mol. The Morgan fingerprint density at radius 3 is 2.63 bits per heavy atom. The molecule has 27 heavy (non-hydrogen) atoms. The van der Waals surface area contributed by atoms with Crippen LogP contribution in [0, 0.1) is 13.8 Å². The molecule has 2 aromatic carbocycles. The van der Waals surface area contributed by atoms with Gasteiger partial charge in [0, 0.05) is 27.4 Å². The van der Waals surface area contributed by atoms with Gasteiger partial charge < -0.3 is 9.55 Å². The molecule has 2 heterocycles. The molecule has 0 amide bonds. The molecule has 2 aromatic heterocycles. The van der Waals surface area contributed by atoms with Gasteiger partial charge in [-0.15, -0.1) is 0 Å². The minimum Gasteiger partial charge on any atom is -0.326 e. The molecule has 136 valence electrons. The van der Waals surface area contributed by atoms with Crippen molar-refractivity contribution >= 4 is 34.2 Å². The summed E-state index contributed by atoms with van der Waals surface area (Å²) >= 11 is 12.5. The number of fused-ring (bicyclic) bond motifs is 1. The van der Waals surface area contributed by atoms with E-state index >= 15 is 0 Å². The molecule has 0 aliphatic rings. The predicted molar refractivity (Wildman–Crippen MR) is 111 cm³/mol. The van der Waals surface area contributed by atoms with Gasteiger partial charge >= 0.3 is 0 Å². The highest BCUT2D eigenvalue weighted by molar-refractivity contribution is 6.33. The molecule has 0 unspecified atom stereocenters. The normalized spacial score (nSPS) is 11.3. The van der Waals surface area contributed by atoms with Gasteiger partial charge in [0.2, 0.25) is 5.56 Å². The number of nitrogens with zero attached hydrogens (tertiary/aromatic N) is 2. The highest BCUT2D eigenvalue weighted by atomic mass is 35.5. The zero-order valence-electron chi connectivity index (χ0n) is 14.9. The molecular weight excluding hydrogens is 381 g/mol. The molecule has 0 spiro atoms. The summed E-state index contributed by atoms with van der Waals surface area (Å²) in [6.45, 7) is 4.45. The first kappa shape index (κ1) is 17.8. The van der Waals surface area contributed by atoms with Crippen LogP contribution >= 0.6 is 23.2 Å². The molecule has 0 aliphatic heterocycles. The van der Waals surface area contributed by atoms with E-state index in [4.69, 9.17) is 23.2 Å². The summed E-state index contributed by atoms with van der Waals surface area (Å²) in [6, 6.07) is 15.0. The third kappa shape index (κ3) is 3.38. The van der Waals surface area contributed by atoms with Crippen molar-refractivity contribution in [2.24, 2.45) is 0 Å². The quantitative estimate of drug-likeness (QED) is 0.505. The number of hydrogen-bond acceptors (Lipinski definition) is 2. The van der Waals surface area contributed by atoms with Crippen molar-refractivity contribution in [3.63, 3.8) is 0 Å². The standard InChI is InChI=1S/C21H17Cl2N3O/c1-12-17(5-8-21(27)24-12)14-3-7-19-20(10-14)26(13(2)25-19)11-15-9-16(22)4-6-18(15)23/h3-10H,11H2,1-2H3,(H,24,27). The van der Waals surface area contributed by atoms with Crippen molar-refractivity contribution in [1.29, 1.82) is 0 Å². The Morgan fingerprint density at radius 1 is 1.04 bits per heavy atom. The van der Waals surface area contributed by atoms with Crippen LogP contribution in [-0.2, 0) is 6.54 Å². The highest BCUT2D eigenvalue weighted by Crippen LogP contribution is 2.28. The van der Waals surface area contributed by atoms with E-state index in [1.807, 2.05) is 44.2 Å². The summed E-state index contributed by atoms with van der Waals surface area (Å²) in [4.78, 5) is 19.0. The molecule has 0 saturated heterocycles. The summed E-state index contributed by atoms with van der Waals surface area (Å²) in [5, 5.41) is 1.33. The maximum Gasteiger partial charge on any atom is 0.248 e. The fourth-order valence-electron chi connectivity index (χ4n) is 3.34. The molecule has 4 nitrogen and oxygen atoms in total. The smallest absolute Gasteiger partial charge is 0.248 e. The maximum absolute atomic E-state index is 11.5. The first-order chi connectivity index (χ1) is 12.9. The summed E-state index contributed by atoms with van der Waals surface area (Å²) in [5.41, 5.74) is 5.61. The second kappa shape index (κ2) is 6.87. The van der Waals surface area contributed by atoms with E-state index in [0.717, 1.165) is 39.2 Å². The van der Waals surface area contributed by atoms with Gasteiger partial charge in [-0.05, 0) is 61.4 Å². The summed E-state index contributed by atoms with van der Waals surface area (Å²) in [7, 11) is 0. The lowest BCUT2D eigenvalue weighted by molar-refractivity contribution is 0.786. The third-order valence-electron chi connectivity index (χ3n) is 4.70. The van der Waals surface area contributed by atoms with Gasteiger partial charge in [0.15, 0.2) is 0 Å². The highest BCUT2D eigenvalue weighted by Gasteiger charge is 2.12. The van der Waals surface area contributed by atoms with Crippen LogP contribution in [-0.4, -0.2) is 14.5 Å². The number of aromatic nitrogens is 3. The van der Waals surface area contributed by atoms with Crippen LogP contribution in [0.25, 0.3) is 22.2 Å². The molecular formula is C21H17Cl2N3O. The van der Waals surface area contributed by atoms with Gasteiger partial charge in [-0.1, -0.05) is 29.3 Å². The van der Waals surface area contributed by atoms with Gasteiger partial charge in [-0.2, -0.15) is 0 Å². The number of pyridine rings is 1. The van der Waals surface area contributed by atoms with E-state index in [2.05, 4.69) is 20.6 Å². The van der Waals surface area contributed by atoms with Crippen LogP contribution in [0.5, 0.6) is 0 Å². The van der Waals surface area contributed by atoms with Crippen molar-refractivity contribution in [3.8, 4) is 11.1 Å². The Bertz CT molecular complexity index is 1220. The number of hydrogen-bond donors (Lipinski definition) is 1. The molecule has 0 aliphatic carbocycles. The van der Waals surface area contributed by atoms with Crippen LogP contribution in [0.4, 0.5) is 0 Å². The fourth-order valence-corrected chi connectivity index (χ4v) is 3.71. The van der Waals surface area contributed by atoms with E-state index < -0.39 is 0 Å². The van der Waals surface area contributed by atoms with E-state index in [-0.39, 0.29) is 5.56 Å². The zero-order chi connectivity index (χ0) is 19.1. The molecule has 0 saturated carbocycles. The summed E-state index contributed by atoms with van der Waals surface area (Å²) < 4.78 is 2.12. The number of benzene rings is 2. The Balaban J connectivity index is 1.85. The van der Waals surface area contributed by atoms with Crippen molar-refractivity contribution in [1.82, 2.24) is 14.5 Å². The number of aromatic amines is 1. The van der Waals surface area contributed by atoms with Gasteiger partial charge in [-0.25, -0.2) is 4.98 Å². The van der Waals surface area contributed by atoms with E-state index in [1.54, 1.807) is 12.1 Å². The SMILES string of the molecule is Cc1[nH]c(=O)ccc1-c1ccc2nc(C)n(Cc3cc(Cl)ccc3Cl)c2c1. The van der Waals surface area contributed by atoms with E-state index in [9.17, 15) is 4.79 Å². The average Bonchev–Trinajstić information content (AvgIpc) is 2.93. The fraction of sp³-hybridized carbons (Fsp3) is 0.143. The molecule has 4 rings (SSSR count). The van der Waals surface area contributed by atoms with E-state index in [1.165, 1.54) is 0 Å². The lowest BCUT2D eigenvalue weighted by Crippen LogP contribution is -2.05. The van der Waals surface area contributed by atoms with E-state index in [0.29, 0.717) is 16.6 Å². The second-order valence-corrected chi connectivity index (χ2v) is 7.39. The molecule has 0 radical (unpaired) electrons. The largest absolute Gasteiger partial charge is 0.326 e.